The van der Waals surface area contributed by atoms with Gasteiger partial charge >= 0.3 is 361 Å². The zero-order valence-corrected chi connectivity index (χ0v) is 39.0. The van der Waals surface area contributed by atoms with Gasteiger partial charge in [0.2, 0.25) is 0 Å². The fourth-order valence-corrected chi connectivity index (χ4v) is 22.3. The normalized spacial score (nSPS) is 18.2. The van der Waals surface area contributed by atoms with Crippen molar-refractivity contribution >= 4 is 11.1 Å². The number of rotatable bonds is 6. The van der Waals surface area contributed by atoms with Crippen molar-refractivity contribution in [1.82, 2.24) is 0 Å². The number of allylic oxidation sites excluding steroid dienone is 4. The summed E-state index contributed by atoms with van der Waals surface area (Å²) in [5, 5.41) is 0. The molecule has 59 heavy (non-hydrogen) atoms. The first-order valence-electron chi connectivity index (χ1n) is 21.5. The molecule has 0 fully saturated rings. The van der Waals surface area contributed by atoms with Crippen LogP contribution in [-0.4, -0.2) is 0 Å². The average Bonchev–Trinajstić information content (AvgIpc) is 3.67. The van der Waals surface area contributed by atoms with Crippen LogP contribution >= 0.6 is 0 Å². The monoisotopic (exact) mass is 852 g/mol. The Balaban J connectivity index is 1.43. The van der Waals surface area contributed by atoms with Crippen LogP contribution in [0.3, 0.4) is 0 Å². The molecule has 0 aromatic heterocycles. The third-order valence-electron chi connectivity index (χ3n) is 13.3. The van der Waals surface area contributed by atoms with Gasteiger partial charge in [0.15, 0.2) is 0 Å². The molecule has 0 spiro atoms. The molecule has 298 valence electrons. The molecule has 3 aliphatic rings. The van der Waals surface area contributed by atoms with Gasteiger partial charge in [-0.2, -0.15) is 0 Å². The Hall–Kier alpha value is -4.72. The number of hydrogen-bond donors (Lipinski definition) is 0. The fraction of sp³-hybridized carbons (Fsp3) is 0.286. The van der Waals surface area contributed by atoms with Crippen molar-refractivity contribution in [2.24, 2.45) is 0 Å². The molecule has 9 rings (SSSR count). The molecule has 3 heteroatoms. The zero-order valence-electron chi connectivity index (χ0n) is 36.6. The van der Waals surface area contributed by atoms with Crippen LogP contribution in [0.25, 0.3) is 33.4 Å². The molecular formula is C56H58O2Zr. The number of hydrogen-bond acceptors (Lipinski definition) is 2. The van der Waals surface area contributed by atoms with Gasteiger partial charge in [0.25, 0.3) is 0 Å². The van der Waals surface area contributed by atoms with Crippen LogP contribution in [0.2, 0.25) is 0 Å². The maximum atomic E-state index is 8.37. The first-order chi connectivity index (χ1) is 28.2. The van der Waals surface area contributed by atoms with Crippen LogP contribution in [0.1, 0.15) is 120 Å². The third kappa shape index (κ3) is 6.73. The molecule has 6 aromatic rings. The Labute approximate surface area is 358 Å². The van der Waals surface area contributed by atoms with E-state index in [1.807, 2.05) is 0 Å². The Bertz CT molecular complexity index is 2480. The van der Waals surface area contributed by atoms with E-state index in [1.165, 1.54) is 89.1 Å². The van der Waals surface area contributed by atoms with Crippen LogP contribution in [0.15, 0.2) is 145 Å². The summed E-state index contributed by atoms with van der Waals surface area (Å²) >= 11 is -4.96. The Kier molecular flexibility index (Phi) is 9.95. The molecule has 2 atom stereocenters. The molecule has 0 radical (unpaired) electrons. The standard InChI is InChI=1S/C34H28.2C11H16O.Zr/c1-23-21-27-15-9-17-31(25-11-5-3-6-12-25)33(27)29(23)19-20-30-24(2)22-28-16-10-18-32(34(28)30)26-13-7-4-8-14-26;2*1-8-5-6-10(12)9(7-8)11(2,3)4;/h3-18,21-22H,19-20H2,1-2H3;2*5-7,12H,1-4H3;/q;;;+2/p-2. The van der Waals surface area contributed by atoms with Crippen LogP contribution in [0.5, 0.6) is 11.5 Å². The number of aryl methyl sites for hydroxylation is 2. The van der Waals surface area contributed by atoms with Gasteiger partial charge in [0.1, 0.15) is 0 Å². The van der Waals surface area contributed by atoms with Crippen LogP contribution in [0, 0.1) is 13.8 Å². The molecule has 1 aliphatic heterocycles. The van der Waals surface area contributed by atoms with E-state index in [2.05, 4.69) is 203 Å². The molecule has 2 aliphatic carbocycles. The second-order valence-electron chi connectivity index (χ2n) is 19.4. The molecular weight excluding hydrogens is 796 g/mol. The fourth-order valence-electron chi connectivity index (χ4n) is 10.6. The molecule has 2 nitrogen and oxygen atoms in total. The van der Waals surface area contributed by atoms with Crippen molar-refractivity contribution in [3.05, 3.63) is 189 Å². The molecule has 0 N–H and O–H groups in total. The van der Waals surface area contributed by atoms with Crippen molar-refractivity contribution in [3.8, 4) is 33.8 Å². The first-order valence-corrected chi connectivity index (χ1v) is 26.4. The molecule has 0 saturated heterocycles. The number of benzene rings is 6. The second-order valence-corrected chi connectivity index (χ2v) is 26.8. The van der Waals surface area contributed by atoms with Crippen molar-refractivity contribution < 1.29 is 26.8 Å². The Morgan fingerprint density at radius 3 is 1.22 bits per heavy atom. The van der Waals surface area contributed by atoms with Crippen LogP contribution in [0.4, 0.5) is 0 Å². The molecule has 0 amide bonds. The summed E-state index contributed by atoms with van der Waals surface area (Å²) in [6.45, 7) is 23.2. The average molecular weight is 854 g/mol. The Morgan fingerprint density at radius 2 is 0.847 bits per heavy atom. The maximum absolute atomic E-state index is 8.37. The topological polar surface area (TPSA) is 18.5 Å². The van der Waals surface area contributed by atoms with E-state index in [0.717, 1.165) is 24.3 Å². The van der Waals surface area contributed by atoms with Crippen molar-refractivity contribution in [1.29, 1.82) is 0 Å². The predicted octanol–water partition coefficient (Wildman–Crippen LogP) is 15.5. The third-order valence-corrected chi connectivity index (χ3v) is 23.5. The molecule has 0 saturated carbocycles. The van der Waals surface area contributed by atoms with E-state index < -0.39 is 21.1 Å². The van der Waals surface area contributed by atoms with Gasteiger partial charge in [-0.1, -0.05) is 0 Å². The van der Waals surface area contributed by atoms with E-state index >= 15 is 0 Å². The van der Waals surface area contributed by atoms with Gasteiger partial charge in [0, 0.05) is 0 Å². The van der Waals surface area contributed by atoms with Gasteiger partial charge in [-0.3, -0.25) is 0 Å². The minimum atomic E-state index is -4.96. The summed E-state index contributed by atoms with van der Waals surface area (Å²) in [5.41, 5.74) is 21.0. The molecule has 6 aromatic carbocycles. The van der Waals surface area contributed by atoms with Crippen molar-refractivity contribution in [3.63, 3.8) is 0 Å². The van der Waals surface area contributed by atoms with Crippen LogP contribution < -0.4 is 5.63 Å². The molecule has 2 unspecified atom stereocenters. The van der Waals surface area contributed by atoms with Crippen molar-refractivity contribution in [2.75, 3.05) is 0 Å². The molecule has 1 heterocycles. The summed E-state index contributed by atoms with van der Waals surface area (Å²) in [5.74, 6) is 1.93. The van der Waals surface area contributed by atoms with Gasteiger partial charge in [-0.25, -0.2) is 0 Å². The zero-order chi connectivity index (χ0) is 41.4. The minimum absolute atomic E-state index is 0.0214. The number of fused-ring (bicyclic) bond motifs is 8. The first kappa shape index (κ1) is 39.7. The van der Waals surface area contributed by atoms with E-state index in [9.17, 15) is 0 Å². The summed E-state index contributed by atoms with van der Waals surface area (Å²) in [4.78, 5) is 0. The van der Waals surface area contributed by atoms with Crippen molar-refractivity contribution in [2.45, 2.75) is 100 Å². The van der Waals surface area contributed by atoms with E-state index in [4.69, 9.17) is 5.63 Å². The van der Waals surface area contributed by atoms with E-state index in [1.54, 1.807) is 0 Å². The Morgan fingerprint density at radius 1 is 0.458 bits per heavy atom. The predicted molar refractivity (Wildman–Crippen MR) is 245 cm³/mol. The SMILES string of the molecule is CC1=C2CCC3=C(C)[CH](c4cccc(-c5ccccc5)c43)[Zr]([O]c3ccc(C)cc3C(C)(C)C)([O]c3ccc(C)cc3C(C)(C)C)[CH]1c1cccc(-c3ccccc3)c12. The summed E-state index contributed by atoms with van der Waals surface area (Å²) in [7, 11) is 0. The van der Waals surface area contributed by atoms with Gasteiger partial charge < -0.3 is 0 Å². The van der Waals surface area contributed by atoms with Crippen LogP contribution in [-0.2, 0) is 32.0 Å². The van der Waals surface area contributed by atoms with E-state index in [-0.39, 0.29) is 18.1 Å². The van der Waals surface area contributed by atoms with Gasteiger partial charge in [-0.05, 0) is 0 Å². The summed E-state index contributed by atoms with van der Waals surface area (Å²) in [6.07, 6.45) is 1.91. The quantitative estimate of drug-likeness (QED) is 0.166. The summed E-state index contributed by atoms with van der Waals surface area (Å²) in [6, 6.07) is 49.8. The molecule has 4 bridgehead atoms. The van der Waals surface area contributed by atoms with Gasteiger partial charge in [0.05, 0.1) is 0 Å². The summed E-state index contributed by atoms with van der Waals surface area (Å²) < 4.78 is 16.7. The van der Waals surface area contributed by atoms with E-state index in [0.29, 0.717) is 0 Å². The second kappa shape index (κ2) is 14.8. The van der Waals surface area contributed by atoms with Gasteiger partial charge in [-0.15, -0.1) is 0 Å².